The lowest BCUT2D eigenvalue weighted by Gasteiger charge is -2.46. The molecule has 2 aromatic carbocycles. The van der Waals surface area contributed by atoms with Crippen molar-refractivity contribution in [3.63, 3.8) is 0 Å². The summed E-state index contributed by atoms with van der Waals surface area (Å²) >= 11 is 0. The van der Waals surface area contributed by atoms with Crippen molar-refractivity contribution in [2.75, 3.05) is 7.11 Å². The van der Waals surface area contributed by atoms with Gasteiger partial charge in [0, 0.05) is 18.5 Å². The number of hydrogen-bond donors (Lipinski definition) is 2. The molecule has 2 saturated heterocycles. The number of carbonyl (C=O) groups excluding carboxylic acids is 1. The van der Waals surface area contributed by atoms with Gasteiger partial charge in [-0.15, -0.1) is 0 Å². The molecule has 2 aliphatic heterocycles. The zero-order valence-electron chi connectivity index (χ0n) is 22.5. The van der Waals surface area contributed by atoms with Crippen LogP contribution >= 0.6 is 7.82 Å². The first-order valence-electron chi connectivity index (χ1n) is 13.1. The molecule has 2 aliphatic rings. The monoisotopic (exact) mass is 592 g/mol. The van der Waals surface area contributed by atoms with Gasteiger partial charge in [-0.25, -0.2) is 26.8 Å². The van der Waals surface area contributed by atoms with E-state index in [1.165, 1.54) is 11.7 Å². The molecule has 0 bridgehead atoms. The highest BCUT2D eigenvalue weighted by Crippen LogP contribution is 2.41. The first kappa shape index (κ1) is 29.1. The maximum Gasteiger partial charge on any atom is 0.472 e. The van der Waals surface area contributed by atoms with Crippen LogP contribution in [0.2, 0.25) is 0 Å². The number of amides is 1. The van der Waals surface area contributed by atoms with Gasteiger partial charge < -0.3 is 19.4 Å². The van der Waals surface area contributed by atoms with Gasteiger partial charge in [0.05, 0.1) is 13.2 Å². The zero-order valence-corrected chi connectivity index (χ0v) is 23.4. The van der Waals surface area contributed by atoms with Crippen molar-refractivity contribution in [1.82, 2.24) is 9.47 Å². The van der Waals surface area contributed by atoms with E-state index >= 15 is 0 Å². The average Bonchev–Trinajstić information content (AvgIpc) is 3.31. The fourth-order valence-corrected chi connectivity index (χ4v) is 5.92. The Labute approximate surface area is 234 Å². The SMILES string of the molecule is COc1cc(/C=C2\CC[C@@H]3CCC[C@@H](c4cc(F)c(F)c(F)c4)N3C2=O)ccc1-n1cc(C)[n+](COP(=O)(O)O)c1. The Kier molecular flexibility index (Phi) is 8.11. The van der Waals surface area contributed by atoms with E-state index in [2.05, 4.69) is 4.52 Å². The number of aromatic nitrogens is 2. The minimum atomic E-state index is -4.64. The Hall–Kier alpha value is -3.44. The second-order valence-corrected chi connectivity index (χ2v) is 11.5. The van der Waals surface area contributed by atoms with E-state index in [0.29, 0.717) is 47.5 Å². The van der Waals surface area contributed by atoms with Crippen molar-refractivity contribution in [1.29, 1.82) is 0 Å². The number of ether oxygens (including phenoxy) is 1. The number of phosphoric acid groups is 1. The molecule has 0 unspecified atom stereocenters. The molecule has 5 rings (SSSR count). The summed E-state index contributed by atoms with van der Waals surface area (Å²) in [6.07, 6.45) is 8.50. The van der Waals surface area contributed by atoms with Crippen molar-refractivity contribution in [2.45, 2.75) is 57.8 Å². The van der Waals surface area contributed by atoms with Gasteiger partial charge in [-0.1, -0.05) is 6.07 Å². The van der Waals surface area contributed by atoms with Crippen LogP contribution in [0.4, 0.5) is 13.2 Å². The summed E-state index contributed by atoms with van der Waals surface area (Å²) < 4.78 is 66.2. The highest BCUT2D eigenvalue weighted by atomic mass is 31.2. The number of carbonyl (C=O) groups is 1. The van der Waals surface area contributed by atoms with Gasteiger partial charge in [0.15, 0.2) is 28.9 Å². The first-order chi connectivity index (χ1) is 19.4. The van der Waals surface area contributed by atoms with Crippen LogP contribution in [0.3, 0.4) is 0 Å². The lowest BCUT2D eigenvalue weighted by Crippen LogP contribution is -2.49. The highest BCUT2D eigenvalue weighted by molar-refractivity contribution is 7.46. The van der Waals surface area contributed by atoms with Crippen LogP contribution in [0, 0.1) is 24.4 Å². The lowest BCUT2D eigenvalue weighted by molar-refractivity contribution is -0.730. The Morgan fingerprint density at radius 1 is 1.12 bits per heavy atom. The van der Waals surface area contributed by atoms with Crippen molar-refractivity contribution in [2.24, 2.45) is 0 Å². The number of methoxy groups -OCH3 is 1. The second kappa shape index (κ2) is 11.4. The number of rotatable bonds is 7. The predicted molar refractivity (Wildman–Crippen MR) is 141 cm³/mol. The summed E-state index contributed by atoms with van der Waals surface area (Å²) in [5.41, 5.74) is 2.85. The van der Waals surface area contributed by atoms with Gasteiger partial charge in [0.25, 0.3) is 12.2 Å². The average molecular weight is 593 g/mol. The maximum atomic E-state index is 14.0. The number of halogens is 3. The van der Waals surface area contributed by atoms with Gasteiger partial charge in [-0.3, -0.25) is 4.79 Å². The van der Waals surface area contributed by atoms with E-state index in [0.717, 1.165) is 25.0 Å². The maximum absolute atomic E-state index is 14.0. The first-order valence-corrected chi connectivity index (χ1v) is 14.6. The predicted octanol–water partition coefficient (Wildman–Crippen LogP) is 4.87. The van der Waals surface area contributed by atoms with Crippen LogP contribution in [-0.4, -0.2) is 38.3 Å². The molecule has 3 aromatic rings. The Morgan fingerprint density at radius 2 is 1.85 bits per heavy atom. The van der Waals surface area contributed by atoms with Gasteiger partial charge in [0.1, 0.15) is 11.9 Å². The number of aryl methyl sites for hydroxylation is 1. The number of nitrogens with zero attached hydrogens (tertiary/aromatic N) is 3. The normalized spacial score (nSPS) is 20.4. The molecule has 2 atom stereocenters. The lowest BCUT2D eigenvalue weighted by atomic mass is 9.83. The van der Waals surface area contributed by atoms with Crippen LogP contribution in [0.15, 0.2) is 48.4 Å². The number of hydrogen-bond acceptors (Lipinski definition) is 4. The van der Waals surface area contributed by atoms with Crippen LogP contribution in [0.5, 0.6) is 5.75 Å². The molecule has 1 amide bonds. The zero-order chi connectivity index (χ0) is 29.5. The summed E-state index contributed by atoms with van der Waals surface area (Å²) in [4.78, 5) is 33.4. The number of benzene rings is 2. The van der Waals surface area contributed by atoms with Gasteiger partial charge in [0.2, 0.25) is 6.73 Å². The molecule has 0 radical (unpaired) electrons. The van der Waals surface area contributed by atoms with Crippen LogP contribution in [-0.2, 0) is 20.6 Å². The summed E-state index contributed by atoms with van der Waals surface area (Å²) in [7, 11) is -3.13. The third-order valence-electron chi connectivity index (χ3n) is 7.62. The summed E-state index contributed by atoms with van der Waals surface area (Å²) in [5.74, 6) is -3.79. The van der Waals surface area contributed by atoms with E-state index in [-0.39, 0.29) is 24.2 Å². The van der Waals surface area contributed by atoms with Crippen molar-refractivity contribution in [3.8, 4) is 11.4 Å². The summed E-state index contributed by atoms with van der Waals surface area (Å²) in [5, 5.41) is 0. The van der Waals surface area contributed by atoms with Crippen molar-refractivity contribution in [3.05, 3.63) is 82.7 Å². The molecule has 2 N–H and O–H groups in total. The fraction of sp³-hybridized carbons (Fsp3) is 0.357. The number of fused-ring (bicyclic) bond motifs is 1. The second-order valence-electron chi connectivity index (χ2n) is 10.3. The van der Waals surface area contributed by atoms with Crippen LogP contribution < -0.4 is 9.30 Å². The topological polar surface area (TPSA) is 105 Å². The molecular formula is C28H30F3N3O6P+. The Bertz CT molecular complexity index is 1550. The number of piperidine rings is 2. The third-order valence-corrected chi connectivity index (χ3v) is 8.07. The van der Waals surface area contributed by atoms with E-state index < -0.39 is 31.3 Å². The molecule has 0 aliphatic carbocycles. The van der Waals surface area contributed by atoms with Gasteiger partial charge in [-0.05, 0) is 73.6 Å². The van der Waals surface area contributed by atoms with E-state index in [4.69, 9.17) is 14.5 Å². The van der Waals surface area contributed by atoms with Gasteiger partial charge >= 0.3 is 7.82 Å². The standard InChI is InChI=1S/C28H29F3N3O6P/c1-17-14-32(15-33(17)16-40-41(36,37)38)25-9-6-18(11-26(25)39-2)10-19-7-8-21-4-3-5-24(34(21)28(19)35)20-12-22(29)27(31)23(30)13-20/h6,9-15,21,24H,3-5,7-8,16H2,1-2H3,(H-,36,37,38)/p+1/b19-10+/t21-,24-/m0/s1. The number of imidazole rings is 1. The summed E-state index contributed by atoms with van der Waals surface area (Å²) in [6, 6.07) is 6.72. The quantitative estimate of drug-likeness (QED) is 0.176. The minimum Gasteiger partial charge on any atom is -0.492 e. The Balaban J connectivity index is 1.41. The largest absolute Gasteiger partial charge is 0.492 e. The smallest absolute Gasteiger partial charge is 0.472 e. The molecule has 13 heteroatoms. The Morgan fingerprint density at radius 3 is 2.54 bits per heavy atom. The molecule has 41 heavy (non-hydrogen) atoms. The molecule has 218 valence electrons. The van der Waals surface area contributed by atoms with Gasteiger partial charge in [-0.2, -0.15) is 4.57 Å². The van der Waals surface area contributed by atoms with E-state index in [9.17, 15) is 22.5 Å². The molecular weight excluding hydrogens is 562 g/mol. The molecule has 9 nitrogen and oxygen atoms in total. The molecule has 0 spiro atoms. The molecule has 3 heterocycles. The molecule has 0 saturated carbocycles. The molecule has 2 fully saturated rings. The third kappa shape index (κ3) is 6.11. The summed E-state index contributed by atoms with van der Waals surface area (Å²) in [6.45, 7) is 1.42. The number of phosphoric ester groups is 1. The minimum absolute atomic E-state index is 0.0651. The fourth-order valence-electron chi connectivity index (χ4n) is 5.65. The van der Waals surface area contributed by atoms with E-state index in [1.807, 2.05) is 6.07 Å². The van der Waals surface area contributed by atoms with Crippen LogP contribution in [0.1, 0.15) is 55.0 Å². The van der Waals surface area contributed by atoms with E-state index in [1.54, 1.807) is 47.1 Å². The van der Waals surface area contributed by atoms with Crippen LogP contribution in [0.25, 0.3) is 11.8 Å². The highest BCUT2D eigenvalue weighted by Gasteiger charge is 2.40. The molecule has 1 aromatic heterocycles. The van der Waals surface area contributed by atoms with Crippen molar-refractivity contribution < 1.29 is 46.1 Å². The van der Waals surface area contributed by atoms with Crippen molar-refractivity contribution >= 4 is 19.8 Å².